The van der Waals surface area contributed by atoms with Crippen molar-refractivity contribution < 1.29 is 28.4 Å². The van der Waals surface area contributed by atoms with Crippen molar-refractivity contribution in [2.75, 3.05) is 19.8 Å². The van der Waals surface area contributed by atoms with Crippen molar-refractivity contribution in [3.05, 3.63) is 36.5 Å². The number of hydrogen-bond donors (Lipinski definition) is 4. The molecule has 0 heterocycles. The number of carbonyl (C=O) groups is 1. The average molecular weight is 741 g/mol. The van der Waals surface area contributed by atoms with Crippen LogP contribution in [0.4, 0.5) is 0 Å². The van der Waals surface area contributed by atoms with Gasteiger partial charge in [-0.3, -0.25) is 13.8 Å². The molecule has 0 radical (unpaired) electrons. The van der Waals surface area contributed by atoms with Crippen molar-refractivity contribution in [2.24, 2.45) is 5.73 Å². The molecular formula is C42H81N2O6P. The van der Waals surface area contributed by atoms with Gasteiger partial charge in [-0.15, -0.1) is 0 Å². The van der Waals surface area contributed by atoms with Gasteiger partial charge in [0.15, 0.2) is 0 Å². The van der Waals surface area contributed by atoms with E-state index < -0.39 is 20.0 Å². The fourth-order valence-corrected chi connectivity index (χ4v) is 6.75. The third-order valence-electron chi connectivity index (χ3n) is 9.20. The fourth-order valence-electron chi connectivity index (χ4n) is 5.99. The normalized spacial score (nSPS) is 14.5. The van der Waals surface area contributed by atoms with Crippen molar-refractivity contribution in [3.8, 4) is 0 Å². The fraction of sp³-hybridized carbons (Fsp3) is 0.833. The number of aliphatic hydroxyl groups is 1. The first-order valence-corrected chi connectivity index (χ1v) is 22.6. The van der Waals surface area contributed by atoms with Gasteiger partial charge in [0.2, 0.25) is 5.91 Å². The lowest BCUT2D eigenvalue weighted by atomic mass is 10.0. The van der Waals surface area contributed by atoms with E-state index >= 15 is 0 Å². The third-order valence-corrected chi connectivity index (χ3v) is 10.2. The van der Waals surface area contributed by atoms with E-state index in [1.165, 1.54) is 128 Å². The van der Waals surface area contributed by atoms with Crippen LogP contribution >= 0.6 is 7.82 Å². The lowest BCUT2D eigenvalue weighted by Crippen LogP contribution is -2.45. The summed E-state index contributed by atoms with van der Waals surface area (Å²) in [5.41, 5.74) is 5.36. The van der Waals surface area contributed by atoms with Crippen LogP contribution in [0.3, 0.4) is 0 Å². The number of carbonyl (C=O) groups excluding carboxylic acids is 1. The molecule has 300 valence electrons. The molecule has 0 fully saturated rings. The Morgan fingerprint density at radius 3 is 1.51 bits per heavy atom. The molecular weight excluding hydrogens is 659 g/mol. The number of aliphatic hydroxyl groups excluding tert-OH is 1. The summed E-state index contributed by atoms with van der Waals surface area (Å²) in [7, 11) is -4.35. The van der Waals surface area contributed by atoms with Gasteiger partial charge in [-0.25, -0.2) is 4.57 Å². The topological polar surface area (TPSA) is 131 Å². The smallest absolute Gasteiger partial charge is 0.387 e. The Morgan fingerprint density at radius 1 is 0.627 bits per heavy atom. The van der Waals surface area contributed by atoms with Crippen molar-refractivity contribution in [3.63, 3.8) is 0 Å². The van der Waals surface area contributed by atoms with Crippen LogP contribution in [0.2, 0.25) is 0 Å². The number of hydrogen-bond acceptors (Lipinski definition) is 6. The molecule has 0 aromatic carbocycles. The zero-order chi connectivity index (χ0) is 37.5. The highest BCUT2D eigenvalue weighted by Crippen LogP contribution is 2.43. The molecule has 51 heavy (non-hydrogen) atoms. The molecule has 0 aromatic rings. The van der Waals surface area contributed by atoms with Crippen LogP contribution in [-0.2, 0) is 18.4 Å². The van der Waals surface area contributed by atoms with Gasteiger partial charge in [0.25, 0.3) is 0 Å². The average Bonchev–Trinajstić information content (AvgIpc) is 3.12. The zero-order valence-electron chi connectivity index (χ0n) is 33.1. The molecule has 5 N–H and O–H groups in total. The van der Waals surface area contributed by atoms with Crippen LogP contribution in [0, 0.1) is 0 Å². The lowest BCUT2D eigenvalue weighted by Gasteiger charge is -2.23. The molecule has 0 aliphatic carbocycles. The molecule has 9 heteroatoms. The van der Waals surface area contributed by atoms with Gasteiger partial charge in [0, 0.05) is 13.0 Å². The summed E-state index contributed by atoms with van der Waals surface area (Å²) in [6.07, 6.45) is 44.8. The van der Waals surface area contributed by atoms with Crippen LogP contribution < -0.4 is 11.1 Å². The third kappa shape index (κ3) is 36.9. The Bertz CT molecular complexity index is 897. The number of rotatable bonds is 39. The standard InChI is InChI=1S/C42H81N2O6P/c1-3-5-7-9-11-13-15-17-19-21-23-25-27-29-31-33-35-41(45)40(39-50-51(47,48)49-38-37-43)44-42(46)36-34-32-30-28-26-24-22-20-18-16-14-12-10-8-6-4-2/h17,19,25,27,33,35,40-41,45H,3-16,18,20-24,26,28-32,34,36-39,43H2,1-2H3,(H,44,46)(H,47,48)/b19-17+,27-25+,35-33+. The second kappa shape index (κ2) is 38.4. The molecule has 0 aromatic heterocycles. The minimum Gasteiger partial charge on any atom is -0.387 e. The van der Waals surface area contributed by atoms with E-state index in [9.17, 15) is 19.4 Å². The lowest BCUT2D eigenvalue weighted by molar-refractivity contribution is -0.123. The Hall–Kier alpha value is -1.28. The van der Waals surface area contributed by atoms with E-state index in [1.807, 2.05) is 6.08 Å². The number of amides is 1. The maximum absolute atomic E-state index is 12.7. The molecule has 0 saturated heterocycles. The number of nitrogens with two attached hydrogens (primary N) is 1. The summed E-state index contributed by atoms with van der Waals surface area (Å²) in [6.45, 7) is 4.10. The minimum absolute atomic E-state index is 0.0726. The molecule has 1 amide bonds. The largest absolute Gasteiger partial charge is 0.472 e. The van der Waals surface area contributed by atoms with E-state index in [1.54, 1.807) is 6.08 Å². The number of phosphoric ester groups is 1. The monoisotopic (exact) mass is 741 g/mol. The van der Waals surface area contributed by atoms with Crippen molar-refractivity contribution >= 4 is 13.7 Å². The van der Waals surface area contributed by atoms with E-state index in [0.717, 1.165) is 44.9 Å². The number of nitrogens with one attached hydrogen (secondary N) is 1. The van der Waals surface area contributed by atoms with Crippen molar-refractivity contribution in [1.82, 2.24) is 5.32 Å². The van der Waals surface area contributed by atoms with Crippen LogP contribution in [0.5, 0.6) is 0 Å². The second-order valence-electron chi connectivity index (χ2n) is 14.2. The van der Waals surface area contributed by atoms with Gasteiger partial charge in [-0.2, -0.15) is 0 Å². The number of unbranched alkanes of at least 4 members (excludes halogenated alkanes) is 23. The first kappa shape index (κ1) is 49.7. The SMILES string of the molecule is CCCCCCCC/C=C/CC/C=C/CC/C=C/C(O)C(COP(=O)(O)OCCN)NC(=O)CCCCCCCCCCCCCCCCCC. The van der Waals surface area contributed by atoms with Crippen LogP contribution in [0.15, 0.2) is 36.5 Å². The summed E-state index contributed by atoms with van der Waals surface area (Å²) in [5.74, 6) is -0.207. The predicted molar refractivity (Wildman–Crippen MR) is 217 cm³/mol. The van der Waals surface area contributed by atoms with E-state index in [4.69, 9.17) is 14.8 Å². The second-order valence-corrected chi connectivity index (χ2v) is 15.6. The number of allylic oxidation sites excluding steroid dienone is 5. The van der Waals surface area contributed by atoms with Gasteiger partial charge in [0.05, 0.1) is 25.4 Å². The van der Waals surface area contributed by atoms with Gasteiger partial charge < -0.3 is 21.1 Å². The maximum atomic E-state index is 12.7. The highest BCUT2D eigenvalue weighted by Gasteiger charge is 2.26. The molecule has 0 saturated carbocycles. The van der Waals surface area contributed by atoms with Crippen LogP contribution in [0.25, 0.3) is 0 Å². The van der Waals surface area contributed by atoms with Crippen LogP contribution in [-0.4, -0.2) is 47.8 Å². The molecule has 0 aliphatic heterocycles. The quantitative estimate of drug-likeness (QED) is 0.0280. The first-order valence-electron chi connectivity index (χ1n) is 21.1. The van der Waals surface area contributed by atoms with E-state index in [0.29, 0.717) is 6.42 Å². The molecule has 0 rings (SSSR count). The molecule has 0 bridgehead atoms. The first-order chi connectivity index (χ1) is 24.9. The highest BCUT2D eigenvalue weighted by molar-refractivity contribution is 7.47. The summed E-state index contributed by atoms with van der Waals surface area (Å²) < 4.78 is 22.1. The molecule has 0 aliphatic rings. The van der Waals surface area contributed by atoms with Crippen LogP contribution in [0.1, 0.15) is 194 Å². The Morgan fingerprint density at radius 2 is 1.04 bits per heavy atom. The summed E-state index contributed by atoms with van der Waals surface area (Å²) in [6, 6.07) is -0.879. The predicted octanol–water partition coefficient (Wildman–Crippen LogP) is 11.6. The van der Waals surface area contributed by atoms with E-state index in [-0.39, 0.29) is 25.7 Å². The van der Waals surface area contributed by atoms with Gasteiger partial charge in [-0.05, 0) is 44.9 Å². The molecule has 3 unspecified atom stereocenters. The van der Waals surface area contributed by atoms with Crippen molar-refractivity contribution in [2.45, 2.75) is 206 Å². The maximum Gasteiger partial charge on any atom is 0.472 e. The number of phosphoric acid groups is 1. The van der Waals surface area contributed by atoms with Gasteiger partial charge in [0.1, 0.15) is 0 Å². The summed E-state index contributed by atoms with van der Waals surface area (Å²) in [4.78, 5) is 22.7. The van der Waals surface area contributed by atoms with Gasteiger partial charge in [-0.1, -0.05) is 179 Å². The Balaban J connectivity index is 4.30. The molecule has 8 nitrogen and oxygen atoms in total. The Kier molecular flexibility index (Phi) is 37.5. The summed E-state index contributed by atoms with van der Waals surface area (Å²) >= 11 is 0. The summed E-state index contributed by atoms with van der Waals surface area (Å²) in [5, 5.41) is 13.6. The molecule has 3 atom stereocenters. The van der Waals surface area contributed by atoms with Gasteiger partial charge >= 0.3 is 7.82 Å². The minimum atomic E-state index is -4.35. The van der Waals surface area contributed by atoms with Crippen molar-refractivity contribution in [1.29, 1.82) is 0 Å². The van der Waals surface area contributed by atoms with E-state index in [2.05, 4.69) is 43.5 Å². The zero-order valence-corrected chi connectivity index (χ0v) is 34.0. The highest BCUT2D eigenvalue weighted by atomic mass is 31.2. The Labute approximate surface area is 314 Å². The molecule has 0 spiro atoms.